The molecule has 0 amide bonds. The van der Waals surface area contributed by atoms with Crippen LogP contribution in [0.15, 0.2) is 36.4 Å². The quantitative estimate of drug-likeness (QED) is 0.791. The monoisotopic (exact) mass is 276 g/mol. The summed E-state index contributed by atoms with van der Waals surface area (Å²) in [6, 6.07) is 7.80. The summed E-state index contributed by atoms with van der Waals surface area (Å²) in [5.74, 6) is -1.39. The van der Waals surface area contributed by atoms with Gasteiger partial charge in [-0.25, -0.2) is 8.78 Å². The Kier molecular flexibility index (Phi) is 3.10. The normalized spacial score (nSPS) is 13.1. The molecule has 0 saturated carbocycles. The second-order valence-corrected chi connectivity index (χ2v) is 4.32. The lowest BCUT2D eigenvalue weighted by Gasteiger charge is -2.18. The van der Waals surface area contributed by atoms with Gasteiger partial charge in [-0.2, -0.15) is 0 Å². The largest absolute Gasteiger partial charge is 0.486 e. The number of ketones is 1. The molecule has 2 aromatic rings. The first-order chi connectivity index (χ1) is 9.65. The SMILES string of the molecule is O=C(c1ccc(F)c(F)c1)c1ccc2c(c1)OCCO2. The third-order valence-electron chi connectivity index (χ3n) is 2.99. The number of hydrogen-bond acceptors (Lipinski definition) is 3. The molecule has 0 unspecified atom stereocenters. The van der Waals surface area contributed by atoms with Crippen molar-refractivity contribution in [2.75, 3.05) is 13.2 Å². The van der Waals surface area contributed by atoms with Gasteiger partial charge in [0.15, 0.2) is 28.9 Å². The summed E-state index contributed by atoms with van der Waals surface area (Å²) in [5.41, 5.74) is 0.417. The van der Waals surface area contributed by atoms with E-state index in [9.17, 15) is 13.6 Å². The smallest absolute Gasteiger partial charge is 0.193 e. The van der Waals surface area contributed by atoms with Crippen LogP contribution in [0.25, 0.3) is 0 Å². The van der Waals surface area contributed by atoms with Gasteiger partial charge in [-0.15, -0.1) is 0 Å². The van der Waals surface area contributed by atoms with E-state index in [1.54, 1.807) is 12.1 Å². The maximum atomic E-state index is 13.2. The Morgan fingerprint density at radius 2 is 1.50 bits per heavy atom. The molecule has 0 atom stereocenters. The van der Waals surface area contributed by atoms with Gasteiger partial charge in [-0.3, -0.25) is 4.79 Å². The Morgan fingerprint density at radius 1 is 0.850 bits per heavy atom. The summed E-state index contributed by atoms with van der Waals surface area (Å²) in [6.07, 6.45) is 0. The third-order valence-corrected chi connectivity index (χ3v) is 2.99. The first-order valence-corrected chi connectivity index (χ1v) is 6.04. The molecule has 3 rings (SSSR count). The van der Waals surface area contributed by atoms with E-state index < -0.39 is 17.4 Å². The summed E-state index contributed by atoms with van der Waals surface area (Å²) in [6.45, 7) is 0.874. The predicted molar refractivity (Wildman–Crippen MR) is 67.2 cm³/mol. The van der Waals surface area contributed by atoms with Crippen molar-refractivity contribution in [3.05, 3.63) is 59.2 Å². The minimum absolute atomic E-state index is 0.0839. The fourth-order valence-corrected chi connectivity index (χ4v) is 1.99. The fourth-order valence-electron chi connectivity index (χ4n) is 1.99. The van der Waals surface area contributed by atoms with Crippen molar-refractivity contribution < 1.29 is 23.0 Å². The highest BCUT2D eigenvalue weighted by atomic mass is 19.2. The molecule has 102 valence electrons. The highest BCUT2D eigenvalue weighted by molar-refractivity contribution is 6.09. The Morgan fingerprint density at radius 3 is 2.25 bits per heavy atom. The van der Waals surface area contributed by atoms with Crippen LogP contribution >= 0.6 is 0 Å². The zero-order chi connectivity index (χ0) is 14.1. The average Bonchev–Trinajstić information content (AvgIpc) is 2.49. The highest BCUT2D eigenvalue weighted by Crippen LogP contribution is 2.31. The molecule has 0 spiro atoms. The minimum Gasteiger partial charge on any atom is -0.486 e. The number of halogens is 2. The molecule has 0 aliphatic carbocycles. The Bertz CT molecular complexity index is 683. The van der Waals surface area contributed by atoms with Crippen LogP contribution in [-0.2, 0) is 0 Å². The highest BCUT2D eigenvalue weighted by Gasteiger charge is 2.17. The first-order valence-electron chi connectivity index (χ1n) is 6.04. The van der Waals surface area contributed by atoms with Gasteiger partial charge >= 0.3 is 0 Å². The van der Waals surface area contributed by atoms with Crippen LogP contribution in [0.3, 0.4) is 0 Å². The van der Waals surface area contributed by atoms with Crippen molar-refractivity contribution in [3.8, 4) is 11.5 Å². The van der Waals surface area contributed by atoms with Gasteiger partial charge in [0, 0.05) is 11.1 Å². The van der Waals surface area contributed by atoms with Crippen molar-refractivity contribution in [1.29, 1.82) is 0 Å². The van der Waals surface area contributed by atoms with Gasteiger partial charge in [0.2, 0.25) is 0 Å². The van der Waals surface area contributed by atoms with Gasteiger partial charge in [-0.1, -0.05) is 0 Å². The van der Waals surface area contributed by atoms with Crippen molar-refractivity contribution in [1.82, 2.24) is 0 Å². The second-order valence-electron chi connectivity index (χ2n) is 4.32. The summed E-state index contributed by atoms with van der Waals surface area (Å²) >= 11 is 0. The van der Waals surface area contributed by atoms with Crippen LogP contribution in [0.1, 0.15) is 15.9 Å². The van der Waals surface area contributed by atoms with Crippen molar-refractivity contribution >= 4 is 5.78 Å². The van der Waals surface area contributed by atoms with E-state index in [-0.39, 0.29) is 5.56 Å². The van der Waals surface area contributed by atoms with Gasteiger partial charge in [0.05, 0.1) is 0 Å². The lowest BCUT2D eigenvalue weighted by Crippen LogP contribution is -2.16. The molecule has 3 nitrogen and oxygen atoms in total. The van der Waals surface area contributed by atoms with E-state index in [1.165, 1.54) is 12.1 Å². The Hall–Kier alpha value is -2.43. The molecule has 5 heteroatoms. The van der Waals surface area contributed by atoms with Crippen molar-refractivity contribution in [3.63, 3.8) is 0 Å². The van der Waals surface area contributed by atoms with Crippen LogP contribution in [0.4, 0.5) is 8.78 Å². The van der Waals surface area contributed by atoms with Gasteiger partial charge in [0.1, 0.15) is 13.2 Å². The maximum absolute atomic E-state index is 13.2. The summed E-state index contributed by atoms with van der Waals surface area (Å²) < 4.78 is 36.8. The van der Waals surface area contributed by atoms with Crippen LogP contribution in [0.5, 0.6) is 11.5 Å². The molecule has 1 heterocycles. The number of fused-ring (bicyclic) bond motifs is 1. The summed E-state index contributed by atoms with van der Waals surface area (Å²) in [4.78, 5) is 12.2. The van der Waals surface area contributed by atoms with Gasteiger partial charge < -0.3 is 9.47 Å². The number of carbonyl (C=O) groups is 1. The Labute approximate surface area is 113 Å². The molecule has 20 heavy (non-hydrogen) atoms. The van der Waals surface area contributed by atoms with Crippen molar-refractivity contribution in [2.45, 2.75) is 0 Å². The van der Waals surface area contributed by atoms with Gasteiger partial charge in [0.25, 0.3) is 0 Å². The van der Waals surface area contributed by atoms with Crippen molar-refractivity contribution in [2.24, 2.45) is 0 Å². The summed E-state index contributed by atoms with van der Waals surface area (Å²) in [5, 5.41) is 0. The number of benzene rings is 2. The number of ether oxygens (including phenoxy) is 2. The Balaban J connectivity index is 1.95. The molecule has 0 fully saturated rings. The second kappa shape index (κ2) is 4.92. The van der Waals surface area contributed by atoms with E-state index in [2.05, 4.69) is 0 Å². The van der Waals surface area contributed by atoms with E-state index >= 15 is 0 Å². The molecule has 0 radical (unpaired) electrons. The van der Waals surface area contributed by atoms with E-state index in [4.69, 9.17) is 9.47 Å². The summed E-state index contributed by atoms with van der Waals surface area (Å²) in [7, 11) is 0. The van der Waals surface area contributed by atoms with Crippen LogP contribution in [0, 0.1) is 11.6 Å². The molecule has 2 aromatic carbocycles. The minimum atomic E-state index is -1.05. The molecule has 1 aliphatic rings. The van der Waals surface area contributed by atoms with Crippen LogP contribution in [-0.4, -0.2) is 19.0 Å². The topological polar surface area (TPSA) is 35.5 Å². The standard InChI is InChI=1S/C15H10F2O3/c16-11-3-1-9(7-12(11)17)15(18)10-2-4-13-14(8-10)20-6-5-19-13/h1-4,7-8H,5-6H2. The molecule has 0 bridgehead atoms. The molecule has 0 aromatic heterocycles. The third kappa shape index (κ3) is 2.22. The van der Waals surface area contributed by atoms with Crippen LogP contribution < -0.4 is 9.47 Å². The first kappa shape index (κ1) is 12.6. The number of rotatable bonds is 2. The molecule has 0 N–H and O–H groups in total. The molecule has 1 aliphatic heterocycles. The molecular weight excluding hydrogens is 266 g/mol. The lowest BCUT2D eigenvalue weighted by atomic mass is 10.0. The van der Waals surface area contributed by atoms with E-state index in [0.29, 0.717) is 30.3 Å². The van der Waals surface area contributed by atoms with Crippen LogP contribution in [0.2, 0.25) is 0 Å². The maximum Gasteiger partial charge on any atom is 0.193 e. The fraction of sp³-hybridized carbons (Fsp3) is 0.133. The van der Waals surface area contributed by atoms with E-state index in [0.717, 1.165) is 12.1 Å². The average molecular weight is 276 g/mol. The predicted octanol–water partition coefficient (Wildman–Crippen LogP) is 2.97. The number of hydrogen-bond donors (Lipinski definition) is 0. The molecule has 0 saturated heterocycles. The lowest BCUT2D eigenvalue weighted by molar-refractivity contribution is 0.103. The van der Waals surface area contributed by atoms with Gasteiger partial charge in [-0.05, 0) is 36.4 Å². The molecular formula is C15H10F2O3. The number of carbonyl (C=O) groups excluding carboxylic acids is 1. The zero-order valence-corrected chi connectivity index (χ0v) is 10.4. The van der Waals surface area contributed by atoms with E-state index in [1.807, 2.05) is 0 Å². The zero-order valence-electron chi connectivity index (χ0n) is 10.4.